The summed E-state index contributed by atoms with van der Waals surface area (Å²) in [5, 5.41) is 6.34. The van der Waals surface area contributed by atoms with Gasteiger partial charge in [-0.2, -0.15) is 0 Å². The molecule has 3 aliphatic carbocycles. The predicted molar refractivity (Wildman–Crippen MR) is 153 cm³/mol. The Morgan fingerprint density at radius 3 is 2.49 bits per heavy atom. The third-order valence-corrected chi connectivity index (χ3v) is 10.4. The van der Waals surface area contributed by atoms with Gasteiger partial charge in [-0.25, -0.2) is 10.9 Å². The van der Waals surface area contributed by atoms with Crippen molar-refractivity contribution in [3.63, 3.8) is 0 Å². The highest BCUT2D eigenvalue weighted by Gasteiger charge is 2.50. The lowest BCUT2D eigenvalue weighted by molar-refractivity contribution is -0.126. The predicted octanol–water partition coefficient (Wildman–Crippen LogP) is 3.08. The van der Waals surface area contributed by atoms with Crippen LogP contribution in [0.5, 0.6) is 0 Å². The number of aliphatic imine (C=N–C) groups is 1. The Bertz CT molecular complexity index is 875. The van der Waals surface area contributed by atoms with Crippen molar-refractivity contribution in [2.75, 3.05) is 20.2 Å². The third kappa shape index (κ3) is 6.97. The number of methoxy groups -OCH3 is 1. The average molecular weight is 565 g/mol. The number of ether oxygens (including phenoxy) is 1. The van der Waals surface area contributed by atoms with E-state index in [2.05, 4.69) is 33.3 Å². The molecular weight excluding hydrogens is 516 g/mol. The number of amides is 2. The molecule has 1 saturated heterocycles. The van der Waals surface area contributed by atoms with Crippen LogP contribution in [0.15, 0.2) is 4.99 Å². The summed E-state index contributed by atoms with van der Waals surface area (Å²) in [7, 11) is 1.83. The Morgan fingerprint density at radius 2 is 1.74 bits per heavy atom. The fourth-order valence-electron chi connectivity index (χ4n) is 7.82. The summed E-state index contributed by atoms with van der Waals surface area (Å²) in [6.45, 7) is 3.11. The van der Waals surface area contributed by atoms with Crippen LogP contribution in [0.2, 0.25) is 0 Å². The molecule has 6 atom stereocenters. The molecule has 220 valence electrons. The summed E-state index contributed by atoms with van der Waals surface area (Å²) in [5.74, 6) is 1.01. The van der Waals surface area contributed by atoms with Gasteiger partial charge in [0, 0.05) is 49.2 Å². The van der Waals surface area contributed by atoms with Crippen LogP contribution < -0.4 is 21.5 Å². The van der Waals surface area contributed by atoms with Crippen molar-refractivity contribution in [1.82, 2.24) is 26.4 Å². The number of carbonyl (C=O) groups is 2. The molecule has 2 aliphatic heterocycles. The smallest absolute Gasteiger partial charge is 0.223 e. The molecule has 5 unspecified atom stereocenters. The largest absolute Gasteiger partial charge is 0.381 e. The minimum atomic E-state index is -0.186. The second kappa shape index (κ2) is 13.6. The van der Waals surface area contributed by atoms with E-state index in [1.54, 1.807) is 0 Å². The second-order valence-corrected chi connectivity index (χ2v) is 13.1. The molecule has 0 aromatic heterocycles. The number of hydrogen-bond donors (Lipinski definition) is 4. The van der Waals surface area contributed by atoms with E-state index in [0.717, 1.165) is 70.6 Å². The molecule has 10 heteroatoms. The molecule has 4 N–H and O–H groups in total. The van der Waals surface area contributed by atoms with Gasteiger partial charge < -0.3 is 15.4 Å². The molecule has 4 fully saturated rings. The number of rotatable bonds is 8. The second-order valence-electron chi connectivity index (χ2n) is 12.5. The topological polar surface area (TPSA) is 107 Å². The normalized spacial score (nSPS) is 37.8. The lowest BCUT2D eigenvalue weighted by Crippen LogP contribution is -2.55. The van der Waals surface area contributed by atoms with Crippen LogP contribution in [-0.2, 0) is 14.3 Å². The molecule has 5 aliphatic rings. The first-order valence-electron chi connectivity index (χ1n) is 15.5. The molecule has 0 aromatic carbocycles. The molecule has 0 radical (unpaired) electrons. The van der Waals surface area contributed by atoms with Gasteiger partial charge in [0.25, 0.3) is 0 Å². The summed E-state index contributed by atoms with van der Waals surface area (Å²) >= 11 is 6.49. The van der Waals surface area contributed by atoms with E-state index in [-0.39, 0.29) is 47.6 Å². The molecule has 9 nitrogen and oxygen atoms in total. The van der Waals surface area contributed by atoms with E-state index in [0.29, 0.717) is 37.4 Å². The van der Waals surface area contributed by atoms with Crippen LogP contribution in [0, 0.1) is 17.8 Å². The number of hydrazine groups is 1. The van der Waals surface area contributed by atoms with E-state index in [4.69, 9.17) is 21.3 Å². The summed E-state index contributed by atoms with van der Waals surface area (Å²) in [6, 6.07) is 0.184. The van der Waals surface area contributed by atoms with Gasteiger partial charge in [-0.1, -0.05) is 19.3 Å². The maximum Gasteiger partial charge on any atom is 0.223 e. The molecular formula is C29H49ClN6O3. The lowest BCUT2D eigenvalue weighted by atomic mass is 9.72. The van der Waals surface area contributed by atoms with Crippen molar-refractivity contribution >= 4 is 29.1 Å². The summed E-state index contributed by atoms with van der Waals surface area (Å²) in [6.07, 6.45) is 13.5. The van der Waals surface area contributed by atoms with Crippen LogP contribution in [0.1, 0.15) is 90.4 Å². The SMILES string of the molecule is COC1CCC2C(C1)C(C1CCC(Cl)CC1)=N[C@@H](CC(=O)NCCNC(=O)C1CCCCC1)C1NNC(C)N21. The van der Waals surface area contributed by atoms with Gasteiger partial charge in [0.1, 0.15) is 0 Å². The number of halogens is 1. The van der Waals surface area contributed by atoms with Gasteiger partial charge in [0.05, 0.1) is 30.9 Å². The van der Waals surface area contributed by atoms with Gasteiger partial charge in [-0.05, 0) is 70.6 Å². The third-order valence-electron chi connectivity index (χ3n) is 9.94. The van der Waals surface area contributed by atoms with Crippen LogP contribution in [-0.4, -0.2) is 78.5 Å². The fourth-order valence-corrected chi connectivity index (χ4v) is 8.07. The Hall–Kier alpha value is -1.26. The van der Waals surface area contributed by atoms with E-state index in [9.17, 15) is 9.59 Å². The first-order valence-corrected chi connectivity index (χ1v) is 16.0. The monoisotopic (exact) mass is 564 g/mol. The Balaban J connectivity index is 1.26. The zero-order valence-electron chi connectivity index (χ0n) is 23.8. The van der Waals surface area contributed by atoms with Crippen molar-refractivity contribution in [1.29, 1.82) is 0 Å². The van der Waals surface area contributed by atoms with Gasteiger partial charge in [0.15, 0.2) is 0 Å². The first kappa shape index (κ1) is 29.2. The molecule has 0 spiro atoms. The number of nitrogens with one attached hydrogen (secondary N) is 4. The molecule has 2 heterocycles. The Kier molecular flexibility index (Phi) is 10.2. The number of hydrogen-bond acceptors (Lipinski definition) is 7. The number of fused-ring (bicyclic) bond motifs is 3. The fraction of sp³-hybridized carbons (Fsp3) is 0.897. The number of carbonyl (C=O) groups excluding carboxylic acids is 2. The Morgan fingerprint density at radius 1 is 1.00 bits per heavy atom. The molecule has 39 heavy (non-hydrogen) atoms. The maximum absolute atomic E-state index is 13.2. The highest BCUT2D eigenvalue weighted by molar-refractivity contribution is 6.20. The highest BCUT2D eigenvalue weighted by Crippen LogP contribution is 2.42. The average Bonchev–Trinajstić information content (AvgIpc) is 3.28. The zero-order chi connectivity index (χ0) is 27.4. The van der Waals surface area contributed by atoms with Gasteiger partial charge in [-0.15, -0.1) is 11.6 Å². The van der Waals surface area contributed by atoms with Crippen molar-refractivity contribution in [2.24, 2.45) is 22.7 Å². The van der Waals surface area contributed by atoms with Gasteiger partial charge >= 0.3 is 0 Å². The minimum absolute atomic E-state index is 0.0135. The van der Waals surface area contributed by atoms with Crippen molar-refractivity contribution in [3.8, 4) is 0 Å². The van der Waals surface area contributed by atoms with E-state index in [1.165, 1.54) is 12.1 Å². The quantitative estimate of drug-likeness (QED) is 0.267. The van der Waals surface area contributed by atoms with E-state index < -0.39 is 0 Å². The Labute approximate surface area is 238 Å². The van der Waals surface area contributed by atoms with Crippen molar-refractivity contribution < 1.29 is 14.3 Å². The van der Waals surface area contributed by atoms with Gasteiger partial charge in [0.2, 0.25) is 11.8 Å². The standard InChI is InChI=1S/C29H49ClN6O3/c1-18-34-35-28-24(17-26(37)31-14-15-32-29(38)20-6-4-3-5-7-20)33-27(19-8-10-21(30)11-9-19)23-16-22(39-2)12-13-25(23)36(18)28/h18-25,28,34-35H,3-17H2,1-2H3,(H,31,37)(H,32,38)/t18?,19?,21?,22?,23?,24-,25?,28?/m0/s1. The van der Waals surface area contributed by atoms with Crippen LogP contribution in [0.25, 0.3) is 0 Å². The molecule has 0 bridgehead atoms. The van der Waals surface area contributed by atoms with Crippen LogP contribution in [0.3, 0.4) is 0 Å². The summed E-state index contributed by atoms with van der Waals surface area (Å²) in [4.78, 5) is 33.6. The first-order chi connectivity index (χ1) is 18.9. The molecule has 3 saturated carbocycles. The zero-order valence-corrected chi connectivity index (χ0v) is 24.6. The highest BCUT2D eigenvalue weighted by atomic mass is 35.5. The van der Waals surface area contributed by atoms with Crippen LogP contribution in [0.4, 0.5) is 0 Å². The molecule has 2 amide bonds. The van der Waals surface area contributed by atoms with Crippen molar-refractivity contribution in [3.05, 3.63) is 0 Å². The van der Waals surface area contributed by atoms with Gasteiger partial charge in [-0.3, -0.25) is 19.5 Å². The van der Waals surface area contributed by atoms with E-state index >= 15 is 0 Å². The number of alkyl halides is 1. The molecule has 5 rings (SSSR count). The summed E-state index contributed by atoms with van der Waals surface area (Å²) < 4.78 is 5.85. The summed E-state index contributed by atoms with van der Waals surface area (Å²) in [5.41, 5.74) is 8.21. The lowest BCUT2D eigenvalue weighted by Gasteiger charge is -2.44. The van der Waals surface area contributed by atoms with E-state index in [1.807, 2.05) is 7.11 Å². The minimum Gasteiger partial charge on any atom is -0.381 e. The molecule has 0 aromatic rings. The van der Waals surface area contributed by atoms with Crippen molar-refractivity contribution in [2.45, 2.75) is 126 Å². The van der Waals surface area contributed by atoms with Crippen LogP contribution >= 0.6 is 11.6 Å². The number of nitrogens with zero attached hydrogens (tertiary/aromatic N) is 2. The maximum atomic E-state index is 13.2.